The maximum absolute atomic E-state index is 11.2. The maximum Gasteiger partial charge on any atom is 0.234 e. The van der Waals surface area contributed by atoms with Crippen LogP contribution in [-0.4, -0.2) is 55.7 Å². The molecule has 16 heavy (non-hydrogen) atoms. The highest BCUT2D eigenvalue weighted by molar-refractivity contribution is 5.79. The first-order chi connectivity index (χ1) is 7.65. The van der Waals surface area contributed by atoms with E-state index in [1.807, 2.05) is 6.92 Å². The highest BCUT2D eigenvalue weighted by Crippen LogP contribution is 2.07. The lowest BCUT2D eigenvalue weighted by molar-refractivity contribution is -0.120. The molecule has 0 aromatic rings. The normalized spacial score (nSPS) is 24.2. The Bertz CT molecular complexity index is 223. The third kappa shape index (κ3) is 4.08. The molecule has 0 radical (unpaired) electrons. The summed E-state index contributed by atoms with van der Waals surface area (Å²) < 4.78 is 5.36. The lowest BCUT2D eigenvalue weighted by Gasteiger charge is -2.33. The van der Waals surface area contributed by atoms with Crippen LogP contribution >= 0.6 is 0 Å². The third-order valence-corrected chi connectivity index (χ3v) is 3.00. The number of likely N-dealkylation sites (N-methyl/N-ethyl adjacent to an activating group) is 1. The molecule has 0 aromatic heterocycles. The summed E-state index contributed by atoms with van der Waals surface area (Å²) in [5, 5.41) is 3.10. The minimum atomic E-state index is -0.261. The average Bonchev–Trinajstić information content (AvgIpc) is 2.26. The van der Waals surface area contributed by atoms with Crippen molar-refractivity contribution in [3.63, 3.8) is 0 Å². The van der Waals surface area contributed by atoms with Crippen LogP contribution in [0.5, 0.6) is 0 Å². The Kier molecular flexibility index (Phi) is 5.73. The molecule has 1 rings (SSSR count). The van der Waals surface area contributed by atoms with E-state index in [1.165, 1.54) is 0 Å². The molecular weight excluding hydrogens is 206 g/mol. The highest BCUT2D eigenvalue weighted by atomic mass is 16.5. The van der Waals surface area contributed by atoms with Crippen LogP contribution < -0.4 is 11.1 Å². The zero-order valence-corrected chi connectivity index (χ0v) is 10.2. The summed E-state index contributed by atoms with van der Waals surface area (Å²) in [4.78, 5) is 13.5. The summed E-state index contributed by atoms with van der Waals surface area (Å²) in [5.41, 5.74) is 5.33. The number of nitrogens with two attached hydrogens (primary N) is 1. The van der Waals surface area contributed by atoms with Crippen LogP contribution in [0.2, 0.25) is 0 Å². The molecule has 94 valence electrons. The number of nitrogens with one attached hydrogen (secondary N) is 1. The van der Waals surface area contributed by atoms with Gasteiger partial charge in [0.25, 0.3) is 0 Å². The van der Waals surface area contributed by atoms with E-state index in [0.717, 1.165) is 39.3 Å². The molecule has 1 heterocycles. The van der Waals surface area contributed by atoms with E-state index in [4.69, 9.17) is 10.5 Å². The van der Waals surface area contributed by atoms with Gasteiger partial charge in [0.15, 0.2) is 0 Å². The molecular formula is C11H23N3O2. The Morgan fingerprint density at radius 1 is 1.69 bits per heavy atom. The third-order valence-electron chi connectivity index (χ3n) is 3.00. The van der Waals surface area contributed by atoms with Gasteiger partial charge in [-0.05, 0) is 19.9 Å². The number of primary amides is 1. The Balaban J connectivity index is 2.32. The molecule has 0 saturated carbocycles. The van der Waals surface area contributed by atoms with E-state index in [2.05, 4.69) is 17.1 Å². The van der Waals surface area contributed by atoms with E-state index in [-0.39, 0.29) is 11.9 Å². The van der Waals surface area contributed by atoms with Crippen molar-refractivity contribution in [1.82, 2.24) is 10.2 Å². The first-order valence-corrected chi connectivity index (χ1v) is 5.99. The SMILES string of the molecule is CCNC(CCN1CCOCC1C)C(N)=O. The van der Waals surface area contributed by atoms with Crippen LogP contribution in [0.25, 0.3) is 0 Å². The number of carbonyl (C=O) groups excluding carboxylic acids is 1. The summed E-state index contributed by atoms with van der Waals surface area (Å²) in [7, 11) is 0. The van der Waals surface area contributed by atoms with Gasteiger partial charge in [-0.25, -0.2) is 0 Å². The summed E-state index contributed by atoms with van der Waals surface area (Å²) in [6, 6.07) is 0.226. The molecule has 1 aliphatic heterocycles. The predicted molar refractivity (Wildman–Crippen MR) is 63.1 cm³/mol. The fourth-order valence-electron chi connectivity index (χ4n) is 1.98. The number of hydrogen-bond donors (Lipinski definition) is 2. The molecule has 0 bridgehead atoms. The first-order valence-electron chi connectivity index (χ1n) is 5.99. The zero-order chi connectivity index (χ0) is 12.0. The van der Waals surface area contributed by atoms with Crippen LogP contribution in [0, 0.1) is 0 Å². The van der Waals surface area contributed by atoms with Crippen molar-refractivity contribution in [3.8, 4) is 0 Å². The van der Waals surface area contributed by atoms with Crippen LogP contribution in [0.4, 0.5) is 0 Å². The van der Waals surface area contributed by atoms with E-state index < -0.39 is 0 Å². The van der Waals surface area contributed by atoms with Crippen LogP contribution in [0.15, 0.2) is 0 Å². The second kappa shape index (κ2) is 6.83. The smallest absolute Gasteiger partial charge is 0.234 e. The van der Waals surface area contributed by atoms with Crippen molar-refractivity contribution >= 4 is 5.91 Å². The molecule has 0 spiro atoms. The molecule has 2 unspecified atom stereocenters. The molecule has 5 heteroatoms. The quantitative estimate of drug-likeness (QED) is 0.648. The number of nitrogens with zero attached hydrogens (tertiary/aromatic N) is 1. The molecule has 1 saturated heterocycles. The van der Waals surface area contributed by atoms with Gasteiger partial charge < -0.3 is 15.8 Å². The summed E-state index contributed by atoms with van der Waals surface area (Å²) in [5.74, 6) is -0.261. The monoisotopic (exact) mass is 229 g/mol. The van der Waals surface area contributed by atoms with Crippen molar-refractivity contribution in [2.45, 2.75) is 32.4 Å². The van der Waals surface area contributed by atoms with Gasteiger partial charge in [-0.2, -0.15) is 0 Å². The van der Waals surface area contributed by atoms with E-state index in [1.54, 1.807) is 0 Å². The zero-order valence-electron chi connectivity index (χ0n) is 10.2. The topological polar surface area (TPSA) is 67.6 Å². The van der Waals surface area contributed by atoms with E-state index in [0.29, 0.717) is 6.04 Å². The Hall–Kier alpha value is -0.650. The van der Waals surface area contributed by atoms with Crippen LogP contribution in [0.3, 0.4) is 0 Å². The minimum Gasteiger partial charge on any atom is -0.379 e. The van der Waals surface area contributed by atoms with Gasteiger partial charge in [-0.1, -0.05) is 6.92 Å². The Morgan fingerprint density at radius 3 is 3.00 bits per heavy atom. The summed E-state index contributed by atoms with van der Waals surface area (Å²) in [6.45, 7) is 8.30. The second-order valence-electron chi connectivity index (χ2n) is 4.26. The second-order valence-corrected chi connectivity index (χ2v) is 4.26. The molecule has 2 atom stereocenters. The summed E-state index contributed by atoms with van der Waals surface area (Å²) in [6.07, 6.45) is 0.771. The van der Waals surface area contributed by atoms with Gasteiger partial charge in [-0.15, -0.1) is 0 Å². The highest BCUT2D eigenvalue weighted by Gasteiger charge is 2.21. The van der Waals surface area contributed by atoms with Gasteiger partial charge in [0, 0.05) is 19.1 Å². The van der Waals surface area contributed by atoms with Gasteiger partial charge in [0.1, 0.15) is 0 Å². The standard InChI is InChI=1S/C11H23N3O2/c1-3-13-10(11(12)15)4-5-14-6-7-16-8-9(14)2/h9-10,13H,3-8H2,1-2H3,(H2,12,15). The van der Waals surface area contributed by atoms with Gasteiger partial charge in [0.2, 0.25) is 5.91 Å². The van der Waals surface area contributed by atoms with Crippen molar-refractivity contribution in [2.75, 3.05) is 32.8 Å². The largest absolute Gasteiger partial charge is 0.379 e. The Morgan fingerprint density at radius 2 is 2.44 bits per heavy atom. The maximum atomic E-state index is 11.2. The van der Waals surface area contributed by atoms with Crippen molar-refractivity contribution in [1.29, 1.82) is 0 Å². The lowest BCUT2D eigenvalue weighted by Crippen LogP contribution is -2.48. The van der Waals surface area contributed by atoms with Crippen molar-refractivity contribution in [2.24, 2.45) is 5.73 Å². The lowest BCUT2D eigenvalue weighted by atomic mass is 10.1. The van der Waals surface area contributed by atoms with Gasteiger partial charge >= 0.3 is 0 Å². The molecule has 5 nitrogen and oxygen atoms in total. The fourth-order valence-corrected chi connectivity index (χ4v) is 1.98. The number of hydrogen-bond acceptors (Lipinski definition) is 4. The molecule has 3 N–H and O–H groups in total. The number of morpholine rings is 1. The fraction of sp³-hybridized carbons (Fsp3) is 0.909. The van der Waals surface area contributed by atoms with Gasteiger partial charge in [0.05, 0.1) is 19.3 Å². The molecule has 0 aliphatic carbocycles. The Labute approximate surface area is 97.3 Å². The van der Waals surface area contributed by atoms with E-state index in [9.17, 15) is 4.79 Å². The average molecular weight is 229 g/mol. The number of carbonyl (C=O) groups is 1. The van der Waals surface area contributed by atoms with Crippen molar-refractivity contribution in [3.05, 3.63) is 0 Å². The molecule has 1 amide bonds. The van der Waals surface area contributed by atoms with Crippen LogP contribution in [0.1, 0.15) is 20.3 Å². The molecule has 1 aliphatic rings. The van der Waals surface area contributed by atoms with Crippen LogP contribution in [-0.2, 0) is 9.53 Å². The first kappa shape index (κ1) is 13.4. The minimum absolute atomic E-state index is 0.208. The summed E-state index contributed by atoms with van der Waals surface area (Å²) >= 11 is 0. The molecule has 0 aromatic carbocycles. The molecule has 1 fully saturated rings. The van der Waals surface area contributed by atoms with Gasteiger partial charge in [-0.3, -0.25) is 9.69 Å². The predicted octanol–water partition coefficient (Wildman–Crippen LogP) is -0.439. The number of ether oxygens (including phenoxy) is 1. The number of rotatable bonds is 6. The van der Waals surface area contributed by atoms with Crippen molar-refractivity contribution < 1.29 is 9.53 Å². The number of amides is 1. The van der Waals surface area contributed by atoms with E-state index >= 15 is 0 Å².